The van der Waals surface area contributed by atoms with Crippen LogP contribution in [0.3, 0.4) is 0 Å². The summed E-state index contributed by atoms with van der Waals surface area (Å²) in [6.07, 6.45) is 4.06. The lowest BCUT2D eigenvalue weighted by Gasteiger charge is -2.40. The Morgan fingerprint density at radius 3 is 1.39 bits per heavy atom. The first kappa shape index (κ1) is 31.6. The van der Waals surface area contributed by atoms with Gasteiger partial charge in [0.2, 0.25) is 5.75 Å². The van der Waals surface area contributed by atoms with Gasteiger partial charge >= 0.3 is 0 Å². The molecule has 38 heavy (non-hydrogen) atoms. The van der Waals surface area contributed by atoms with E-state index in [9.17, 15) is 0 Å². The van der Waals surface area contributed by atoms with E-state index >= 15 is 0 Å². The fourth-order valence-electron chi connectivity index (χ4n) is 3.25. The molecular formula is C30H48O6Si2. The SMILES string of the molecule is COc1cc(C=Cc2ccc(OC)c(O[Si](C)(C)C(C)(C)C)c2O[Si](C)(C)C(C)(C)C)cc(OC)c1OC. The number of hydrogen-bond donors (Lipinski definition) is 0. The summed E-state index contributed by atoms with van der Waals surface area (Å²) in [4.78, 5) is 0. The first-order valence-electron chi connectivity index (χ1n) is 13.0. The van der Waals surface area contributed by atoms with Crippen LogP contribution < -0.4 is 27.8 Å². The van der Waals surface area contributed by atoms with Crippen LogP contribution in [-0.4, -0.2) is 45.1 Å². The summed E-state index contributed by atoms with van der Waals surface area (Å²) < 4.78 is 36.3. The van der Waals surface area contributed by atoms with E-state index in [2.05, 4.69) is 67.7 Å². The molecule has 0 bridgehead atoms. The molecule has 0 spiro atoms. The number of methoxy groups -OCH3 is 4. The second kappa shape index (κ2) is 11.7. The molecule has 8 heteroatoms. The minimum Gasteiger partial charge on any atom is -0.541 e. The molecule has 0 aromatic heterocycles. The lowest BCUT2D eigenvalue weighted by Crippen LogP contribution is -2.46. The zero-order valence-corrected chi connectivity index (χ0v) is 27.9. The van der Waals surface area contributed by atoms with Crippen LogP contribution in [0.2, 0.25) is 36.3 Å². The maximum absolute atomic E-state index is 6.98. The molecular weight excluding hydrogens is 512 g/mol. The van der Waals surface area contributed by atoms with Crippen molar-refractivity contribution in [3.63, 3.8) is 0 Å². The third-order valence-electron chi connectivity index (χ3n) is 7.80. The molecule has 2 aromatic carbocycles. The lowest BCUT2D eigenvalue weighted by atomic mass is 10.1. The van der Waals surface area contributed by atoms with Crippen LogP contribution in [0.1, 0.15) is 52.7 Å². The Kier molecular flexibility index (Phi) is 9.70. The monoisotopic (exact) mass is 560 g/mol. The summed E-state index contributed by atoms with van der Waals surface area (Å²) in [5.41, 5.74) is 1.82. The third-order valence-corrected chi connectivity index (χ3v) is 16.4. The molecule has 0 aliphatic rings. The summed E-state index contributed by atoms with van der Waals surface area (Å²) in [6, 6.07) is 7.82. The summed E-state index contributed by atoms with van der Waals surface area (Å²) in [6.45, 7) is 22.4. The molecule has 6 nitrogen and oxygen atoms in total. The highest BCUT2D eigenvalue weighted by Gasteiger charge is 2.43. The minimum atomic E-state index is -2.23. The fraction of sp³-hybridized carbons (Fsp3) is 0.533. The van der Waals surface area contributed by atoms with E-state index in [0.29, 0.717) is 28.7 Å². The van der Waals surface area contributed by atoms with E-state index in [4.69, 9.17) is 27.8 Å². The van der Waals surface area contributed by atoms with Gasteiger partial charge in [-0.3, -0.25) is 0 Å². The normalized spacial score (nSPS) is 12.9. The zero-order chi connectivity index (χ0) is 29.1. The molecule has 0 atom stereocenters. The van der Waals surface area contributed by atoms with Crippen molar-refractivity contribution in [2.75, 3.05) is 28.4 Å². The van der Waals surface area contributed by atoms with Crippen LogP contribution in [-0.2, 0) is 0 Å². The molecule has 0 aliphatic carbocycles. The average molecular weight is 561 g/mol. The number of hydrogen-bond acceptors (Lipinski definition) is 6. The van der Waals surface area contributed by atoms with Crippen molar-refractivity contribution in [3.05, 3.63) is 35.4 Å². The van der Waals surface area contributed by atoms with E-state index in [1.165, 1.54) is 0 Å². The van der Waals surface area contributed by atoms with Gasteiger partial charge in [-0.15, -0.1) is 0 Å². The predicted molar refractivity (Wildman–Crippen MR) is 164 cm³/mol. The Morgan fingerprint density at radius 1 is 0.553 bits per heavy atom. The van der Waals surface area contributed by atoms with Crippen LogP contribution in [0.4, 0.5) is 0 Å². The highest BCUT2D eigenvalue weighted by Crippen LogP contribution is 2.49. The number of benzene rings is 2. The van der Waals surface area contributed by atoms with E-state index < -0.39 is 16.6 Å². The molecule has 0 heterocycles. The second-order valence-electron chi connectivity index (χ2n) is 12.5. The smallest absolute Gasteiger partial charge is 0.250 e. The summed E-state index contributed by atoms with van der Waals surface area (Å²) in [5, 5.41) is 0.0102. The van der Waals surface area contributed by atoms with E-state index in [0.717, 1.165) is 16.9 Å². The van der Waals surface area contributed by atoms with Gasteiger partial charge in [-0.1, -0.05) is 53.7 Å². The lowest BCUT2D eigenvalue weighted by molar-refractivity contribution is 0.324. The van der Waals surface area contributed by atoms with E-state index in [-0.39, 0.29) is 10.1 Å². The highest BCUT2D eigenvalue weighted by atomic mass is 28.4. The third kappa shape index (κ3) is 6.88. The zero-order valence-electron chi connectivity index (χ0n) is 25.9. The Balaban J connectivity index is 2.77. The van der Waals surface area contributed by atoms with Gasteiger partial charge in [0.15, 0.2) is 28.7 Å². The molecule has 2 rings (SSSR count). The quantitative estimate of drug-likeness (QED) is 0.214. The molecule has 0 fully saturated rings. The Labute approximate surface area is 232 Å². The second-order valence-corrected chi connectivity index (χ2v) is 22.0. The molecule has 0 N–H and O–H groups in total. The van der Waals surface area contributed by atoms with Gasteiger partial charge in [0.05, 0.1) is 28.4 Å². The molecule has 212 valence electrons. The van der Waals surface area contributed by atoms with Gasteiger partial charge in [-0.25, -0.2) is 0 Å². The van der Waals surface area contributed by atoms with Gasteiger partial charge in [0.1, 0.15) is 0 Å². The van der Waals surface area contributed by atoms with Crippen LogP contribution >= 0.6 is 0 Å². The molecule has 0 saturated heterocycles. The van der Waals surface area contributed by atoms with Crippen molar-refractivity contribution in [1.29, 1.82) is 0 Å². The standard InChI is InChI=1S/C30H48O6Si2/c1-29(2,3)37(11,12)35-26-22(16-15-21-19-24(32-8)27(34-10)25(20-21)33-9)17-18-23(31-7)28(26)36-38(13,14)30(4,5)6/h15-20H,1-14H3. The topological polar surface area (TPSA) is 55.4 Å². The van der Waals surface area contributed by atoms with Gasteiger partial charge in [0.25, 0.3) is 16.6 Å². The summed E-state index contributed by atoms with van der Waals surface area (Å²) in [5.74, 6) is 3.83. The Hall–Kier alpha value is -2.59. The molecule has 0 amide bonds. The van der Waals surface area contributed by atoms with Crippen molar-refractivity contribution < 1.29 is 27.8 Å². The number of ether oxygens (including phenoxy) is 4. The average Bonchev–Trinajstić information content (AvgIpc) is 2.81. The Bertz CT molecular complexity index is 1120. The van der Waals surface area contributed by atoms with Gasteiger partial charge < -0.3 is 27.8 Å². The molecule has 0 aliphatic heterocycles. The molecule has 0 unspecified atom stereocenters. The molecule has 0 saturated carbocycles. The maximum atomic E-state index is 6.98. The first-order chi connectivity index (χ1) is 17.4. The van der Waals surface area contributed by atoms with Crippen LogP contribution in [0.25, 0.3) is 12.2 Å². The predicted octanol–water partition coefficient (Wildman–Crippen LogP) is 8.66. The fourth-order valence-corrected chi connectivity index (χ4v) is 5.29. The van der Waals surface area contributed by atoms with Crippen LogP contribution in [0, 0.1) is 0 Å². The molecule has 2 aromatic rings. The first-order valence-corrected chi connectivity index (χ1v) is 18.8. The van der Waals surface area contributed by atoms with Crippen molar-refractivity contribution in [2.24, 2.45) is 0 Å². The van der Waals surface area contributed by atoms with E-state index in [1.807, 2.05) is 36.4 Å². The van der Waals surface area contributed by atoms with Crippen molar-refractivity contribution >= 4 is 28.8 Å². The van der Waals surface area contributed by atoms with Crippen LogP contribution in [0.5, 0.6) is 34.5 Å². The van der Waals surface area contributed by atoms with Gasteiger partial charge in [-0.05, 0) is 66.1 Å². The van der Waals surface area contributed by atoms with Crippen LogP contribution in [0.15, 0.2) is 24.3 Å². The molecule has 0 radical (unpaired) electrons. The summed E-state index contributed by atoms with van der Waals surface area (Å²) >= 11 is 0. The van der Waals surface area contributed by atoms with Gasteiger partial charge in [0, 0.05) is 5.56 Å². The van der Waals surface area contributed by atoms with Crippen molar-refractivity contribution in [2.45, 2.75) is 77.8 Å². The van der Waals surface area contributed by atoms with Crippen molar-refractivity contribution in [3.8, 4) is 34.5 Å². The highest BCUT2D eigenvalue weighted by molar-refractivity contribution is 6.75. The minimum absolute atomic E-state index is 0.00200. The number of rotatable bonds is 10. The Morgan fingerprint density at radius 2 is 1.00 bits per heavy atom. The summed E-state index contributed by atoms with van der Waals surface area (Å²) in [7, 11) is 2.07. The maximum Gasteiger partial charge on any atom is 0.250 e. The van der Waals surface area contributed by atoms with Crippen molar-refractivity contribution in [1.82, 2.24) is 0 Å². The van der Waals surface area contributed by atoms with E-state index in [1.54, 1.807) is 28.4 Å². The largest absolute Gasteiger partial charge is 0.541 e. The van der Waals surface area contributed by atoms with Gasteiger partial charge in [-0.2, -0.15) is 0 Å².